The molecule has 10 heavy (non-hydrogen) atoms. The molecule has 5 heteroatoms. The van der Waals surface area contributed by atoms with Gasteiger partial charge < -0.3 is 20.1 Å². The van der Waals surface area contributed by atoms with E-state index in [9.17, 15) is 0 Å². The van der Waals surface area contributed by atoms with Crippen molar-refractivity contribution in [1.29, 1.82) is 0 Å². The average molecular weight is 144 g/mol. The van der Waals surface area contributed by atoms with Crippen molar-refractivity contribution in [2.24, 2.45) is 0 Å². The number of aliphatic hydroxyl groups is 3. The van der Waals surface area contributed by atoms with Gasteiger partial charge in [0.25, 0.3) is 0 Å². The first-order chi connectivity index (χ1) is 4.45. The summed E-state index contributed by atoms with van der Waals surface area (Å²) in [7, 11) is 5.15. The van der Waals surface area contributed by atoms with Crippen LogP contribution >= 0.6 is 0 Å². The molecule has 0 spiro atoms. The van der Waals surface area contributed by atoms with Crippen LogP contribution in [0.1, 0.15) is 6.92 Å². The van der Waals surface area contributed by atoms with Crippen LogP contribution in [0.25, 0.3) is 0 Å². The molecule has 1 aliphatic heterocycles. The average Bonchev–Trinajstić information content (AvgIpc) is 1.95. The molecule has 0 aliphatic carbocycles. The van der Waals surface area contributed by atoms with Crippen LogP contribution in [0.2, 0.25) is 0 Å². The van der Waals surface area contributed by atoms with Crippen LogP contribution in [0.5, 0.6) is 0 Å². The maximum Gasteiger partial charge on any atom is 0.191 e. The summed E-state index contributed by atoms with van der Waals surface area (Å²) in [6.45, 7) is 1.24. The Morgan fingerprint density at radius 3 is 2.10 bits per heavy atom. The minimum Gasteiger partial charge on any atom is -0.388 e. The summed E-state index contributed by atoms with van der Waals surface area (Å²) in [4.78, 5) is 0. The van der Waals surface area contributed by atoms with Crippen molar-refractivity contribution in [3.63, 3.8) is 0 Å². The van der Waals surface area contributed by atoms with Gasteiger partial charge in [0.05, 0.1) is 0 Å². The molecule has 4 nitrogen and oxygen atoms in total. The molecular weight excluding hydrogens is 135 g/mol. The molecule has 4 atom stereocenters. The molecule has 3 N–H and O–H groups in total. The van der Waals surface area contributed by atoms with Gasteiger partial charge in [-0.3, -0.25) is 0 Å². The molecule has 1 aliphatic rings. The summed E-state index contributed by atoms with van der Waals surface area (Å²) in [6.07, 6.45) is -2.54. The lowest BCUT2D eigenvalue weighted by Gasteiger charge is -2.19. The van der Waals surface area contributed by atoms with Crippen molar-refractivity contribution in [2.45, 2.75) is 30.9 Å². The van der Waals surface area contributed by atoms with Gasteiger partial charge in [0, 0.05) is 6.00 Å². The molecule has 1 fully saturated rings. The van der Waals surface area contributed by atoms with Crippen molar-refractivity contribution in [3.05, 3.63) is 0 Å². The maximum absolute atomic E-state index is 9.09. The van der Waals surface area contributed by atoms with Crippen LogP contribution in [0.15, 0.2) is 0 Å². The molecular formula is C5H9BO4. The molecule has 0 aromatic carbocycles. The van der Waals surface area contributed by atoms with Gasteiger partial charge in [-0.25, -0.2) is 0 Å². The van der Waals surface area contributed by atoms with E-state index in [1.54, 1.807) is 0 Å². The van der Waals surface area contributed by atoms with Gasteiger partial charge in [-0.15, -0.1) is 0 Å². The zero-order valence-electron chi connectivity index (χ0n) is 5.56. The first-order valence-electron chi connectivity index (χ1n) is 2.97. The van der Waals surface area contributed by atoms with Crippen LogP contribution in [0, 0.1) is 0 Å². The van der Waals surface area contributed by atoms with E-state index in [0.29, 0.717) is 0 Å². The highest BCUT2D eigenvalue weighted by Crippen LogP contribution is 2.26. The Balaban J connectivity index is 2.71. The SMILES string of the molecule is [B]C1OC(C)(O)C(O)C1O. The van der Waals surface area contributed by atoms with Gasteiger partial charge >= 0.3 is 0 Å². The Kier molecular flexibility index (Phi) is 1.76. The minimum atomic E-state index is -1.72. The molecule has 4 unspecified atom stereocenters. The third kappa shape index (κ3) is 1.05. The second-order valence-electron chi connectivity index (χ2n) is 2.57. The summed E-state index contributed by atoms with van der Waals surface area (Å²) in [5, 5.41) is 27.0. The summed E-state index contributed by atoms with van der Waals surface area (Å²) in [5.41, 5.74) is 0. The summed E-state index contributed by atoms with van der Waals surface area (Å²) < 4.78 is 4.61. The molecule has 1 rings (SSSR count). The highest BCUT2D eigenvalue weighted by Gasteiger charge is 2.47. The largest absolute Gasteiger partial charge is 0.388 e. The predicted octanol–water partition coefficient (Wildman–Crippen LogP) is -2.06. The van der Waals surface area contributed by atoms with E-state index in [-0.39, 0.29) is 0 Å². The predicted molar refractivity (Wildman–Crippen MR) is 33.3 cm³/mol. The van der Waals surface area contributed by atoms with Gasteiger partial charge in [0.2, 0.25) is 0 Å². The van der Waals surface area contributed by atoms with E-state index >= 15 is 0 Å². The molecule has 0 bridgehead atoms. The zero-order chi connectivity index (χ0) is 7.94. The Bertz CT molecular complexity index is 138. The second-order valence-corrected chi connectivity index (χ2v) is 2.57. The second kappa shape index (κ2) is 2.20. The van der Waals surface area contributed by atoms with Crippen molar-refractivity contribution < 1.29 is 20.1 Å². The number of rotatable bonds is 0. The normalized spacial score (nSPS) is 55.4. The minimum absolute atomic E-state index is 1.01. The van der Waals surface area contributed by atoms with Gasteiger partial charge in [-0.2, -0.15) is 0 Å². The number of aliphatic hydroxyl groups excluding tert-OH is 2. The Morgan fingerprint density at radius 1 is 1.50 bits per heavy atom. The molecule has 1 heterocycles. The number of ether oxygens (including phenoxy) is 1. The molecule has 0 aromatic heterocycles. The van der Waals surface area contributed by atoms with E-state index in [2.05, 4.69) is 4.74 Å². The summed E-state index contributed by atoms with van der Waals surface area (Å²) >= 11 is 0. The van der Waals surface area contributed by atoms with Crippen LogP contribution < -0.4 is 0 Å². The van der Waals surface area contributed by atoms with Crippen molar-refractivity contribution in [2.75, 3.05) is 0 Å². The Labute approximate surface area is 59.8 Å². The van der Waals surface area contributed by atoms with Crippen LogP contribution in [0.3, 0.4) is 0 Å². The van der Waals surface area contributed by atoms with Crippen molar-refractivity contribution >= 4 is 7.85 Å². The molecule has 0 amide bonds. The van der Waals surface area contributed by atoms with Gasteiger partial charge in [-0.05, 0) is 6.92 Å². The van der Waals surface area contributed by atoms with E-state index in [0.717, 1.165) is 0 Å². The van der Waals surface area contributed by atoms with Gasteiger partial charge in [0.15, 0.2) is 5.79 Å². The smallest absolute Gasteiger partial charge is 0.191 e. The summed E-state index contributed by atoms with van der Waals surface area (Å²) in [6, 6.07) is -1.01. The zero-order valence-corrected chi connectivity index (χ0v) is 5.56. The first kappa shape index (κ1) is 8.01. The van der Waals surface area contributed by atoms with Gasteiger partial charge in [0.1, 0.15) is 20.1 Å². The Hall–Kier alpha value is -0.0951. The molecule has 2 radical (unpaired) electrons. The lowest BCUT2D eigenvalue weighted by molar-refractivity contribution is -0.205. The van der Waals surface area contributed by atoms with E-state index in [4.69, 9.17) is 23.2 Å². The maximum atomic E-state index is 9.09. The standard InChI is InChI=1S/C5H9BO4/c1-5(9)3(8)2(7)4(6)10-5/h2-4,7-9H,1H3. The highest BCUT2D eigenvalue weighted by molar-refractivity contribution is 6.11. The fourth-order valence-electron chi connectivity index (χ4n) is 0.911. The summed E-state index contributed by atoms with van der Waals surface area (Å²) in [5.74, 6) is -1.72. The lowest BCUT2D eigenvalue weighted by Crippen LogP contribution is -2.40. The highest BCUT2D eigenvalue weighted by atomic mass is 16.7. The Morgan fingerprint density at radius 2 is 2.00 bits per heavy atom. The number of hydrogen-bond acceptors (Lipinski definition) is 4. The van der Waals surface area contributed by atoms with Crippen molar-refractivity contribution in [1.82, 2.24) is 0 Å². The first-order valence-corrected chi connectivity index (χ1v) is 2.97. The quantitative estimate of drug-likeness (QED) is 0.342. The van der Waals surface area contributed by atoms with E-state index in [1.165, 1.54) is 6.92 Å². The van der Waals surface area contributed by atoms with Gasteiger partial charge in [-0.1, -0.05) is 0 Å². The molecule has 1 saturated heterocycles. The fourth-order valence-corrected chi connectivity index (χ4v) is 0.911. The topological polar surface area (TPSA) is 69.9 Å². The molecule has 56 valence electrons. The third-order valence-electron chi connectivity index (χ3n) is 1.58. The van der Waals surface area contributed by atoms with Crippen LogP contribution in [-0.4, -0.2) is 47.2 Å². The molecule has 0 aromatic rings. The van der Waals surface area contributed by atoms with E-state index in [1.807, 2.05) is 0 Å². The van der Waals surface area contributed by atoms with E-state index < -0.39 is 24.0 Å². The van der Waals surface area contributed by atoms with Crippen LogP contribution in [-0.2, 0) is 4.74 Å². The number of hydrogen-bond donors (Lipinski definition) is 3. The molecule has 0 saturated carbocycles. The van der Waals surface area contributed by atoms with Crippen LogP contribution in [0.4, 0.5) is 0 Å². The monoisotopic (exact) mass is 144 g/mol. The third-order valence-corrected chi connectivity index (χ3v) is 1.58. The fraction of sp³-hybridized carbons (Fsp3) is 1.00. The lowest BCUT2D eigenvalue weighted by atomic mass is 9.93. The van der Waals surface area contributed by atoms with Crippen molar-refractivity contribution in [3.8, 4) is 0 Å².